The van der Waals surface area contributed by atoms with Gasteiger partial charge in [-0.25, -0.2) is 8.42 Å². The normalized spacial score (nSPS) is 20.6. The molecule has 1 aromatic heterocycles. The number of aromatic nitrogens is 1. The van der Waals surface area contributed by atoms with Crippen molar-refractivity contribution in [3.8, 4) is 16.9 Å². The van der Waals surface area contributed by atoms with Gasteiger partial charge in [0.2, 0.25) is 10.0 Å². The van der Waals surface area contributed by atoms with Crippen molar-refractivity contribution < 1.29 is 13.2 Å². The zero-order valence-electron chi connectivity index (χ0n) is 17.6. The number of benzene rings is 2. The molecule has 0 amide bonds. The van der Waals surface area contributed by atoms with Crippen molar-refractivity contribution >= 4 is 21.6 Å². The third-order valence-corrected chi connectivity index (χ3v) is 8.51. The zero-order valence-corrected chi connectivity index (χ0v) is 19.1. The molecule has 6 nitrogen and oxygen atoms in total. The van der Waals surface area contributed by atoms with E-state index in [-0.39, 0.29) is 22.3 Å². The first-order valence-corrected chi connectivity index (χ1v) is 12.3. The Balaban J connectivity index is 1.55. The number of rotatable bonds is 4. The van der Waals surface area contributed by atoms with E-state index in [1.165, 1.54) is 0 Å². The van der Waals surface area contributed by atoms with Gasteiger partial charge in [0.25, 0.3) is 5.56 Å². The van der Waals surface area contributed by atoms with Crippen LogP contribution in [-0.4, -0.2) is 37.5 Å². The molecule has 0 radical (unpaired) electrons. The number of ether oxygens (including phenoxy) is 1. The van der Waals surface area contributed by atoms with Gasteiger partial charge in [-0.3, -0.25) is 4.79 Å². The van der Waals surface area contributed by atoms with E-state index in [9.17, 15) is 13.2 Å². The highest BCUT2D eigenvalue weighted by Crippen LogP contribution is 2.41. The summed E-state index contributed by atoms with van der Waals surface area (Å²) in [6.07, 6.45) is 0.860. The summed E-state index contributed by atoms with van der Waals surface area (Å²) < 4.78 is 35.3. The second kappa shape index (κ2) is 8.06. The minimum atomic E-state index is -3.65. The Morgan fingerprint density at radius 1 is 0.938 bits per heavy atom. The molecule has 1 saturated heterocycles. The average Bonchev–Trinajstić information content (AvgIpc) is 2.80. The first kappa shape index (κ1) is 21.2. The minimum Gasteiger partial charge on any atom is -0.497 e. The Hall–Kier alpha value is -2.61. The highest BCUT2D eigenvalue weighted by atomic mass is 35.5. The first-order chi connectivity index (χ1) is 15.4. The van der Waals surface area contributed by atoms with E-state index in [2.05, 4.69) is 0 Å². The summed E-state index contributed by atoms with van der Waals surface area (Å²) in [7, 11) is -2.03. The van der Waals surface area contributed by atoms with Gasteiger partial charge in [-0.1, -0.05) is 23.7 Å². The molecular weight excluding hydrogens is 448 g/mol. The van der Waals surface area contributed by atoms with Crippen LogP contribution in [0.25, 0.3) is 11.1 Å². The van der Waals surface area contributed by atoms with Gasteiger partial charge in [-0.15, -0.1) is 0 Å². The van der Waals surface area contributed by atoms with Gasteiger partial charge in [0.05, 0.1) is 12.0 Å². The molecule has 1 fully saturated rings. The third-order valence-electron chi connectivity index (χ3n) is 6.41. The number of nitrogens with zero attached hydrogens (tertiary/aromatic N) is 2. The molecule has 166 valence electrons. The van der Waals surface area contributed by atoms with Crippen LogP contribution in [0.15, 0.2) is 70.4 Å². The second-order valence-corrected chi connectivity index (χ2v) is 10.8. The summed E-state index contributed by atoms with van der Waals surface area (Å²) >= 11 is 5.94. The van der Waals surface area contributed by atoms with Crippen LogP contribution in [0.1, 0.15) is 18.0 Å². The van der Waals surface area contributed by atoms with E-state index in [1.54, 1.807) is 41.7 Å². The van der Waals surface area contributed by atoms with Gasteiger partial charge in [-0.2, -0.15) is 4.31 Å². The molecule has 0 saturated carbocycles. The molecule has 2 atom stereocenters. The maximum absolute atomic E-state index is 13.3. The lowest BCUT2D eigenvalue weighted by molar-refractivity contribution is 0.187. The van der Waals surface area contributed by atoms with Crippen molar-refractivity contribution in [2.45, 2.75) is 23.8 Å². The topological polar surface area (TPSA) is 68.6 Å². The zero-order chi connectivity index (χ0) is 22.5. The standard InChI is InChI=1S/C24H23ClN2O4S/c1-31-20-6-2-17(3-7-20)22-10-11-23(28)27-14-16-12-18(24(22)27)15-26(13-16)32(29,30)21-8-4-19(25)5-9-21/h2-11,16,18H,12-15H2,1H3/t16-,18+/m0/s1. The van der Waals surface area contributed by atoms with Crippen molar-refractivity contribution in [2.24, 2.45) is 5.92 Å². The van der Waals surface area contributed by atoms with Gasteiger partial charge in [0.1, 0.15) is 5.75 Å². The average molecular weight is 471 g/mol. The molecule has 0 unspecified atom stereocenters. The van der Waals surface area contributed by atoms with E-state index >= 15 is 0 Å². The number of hydrogen-bond acceptors (Lipinski definition) is 4. The third kappa shape index (κ3) is 3.64. The molecule has 32 heavy (non-hydrogen) atoms. The molecule has 2 aliphatic heterocycles. The van der Waals surface area contributed by atoms with Gasteiger partial charge in [-0.05, 0) is 60.4 Å². The summed E-state index contributed by atoms with van der Waals surface area (Å²) in [6.45, 7) is 1.26. The fourth-order valence-electron chi connectivity index (χ4n) is 4.94. The summed E-state index contributed by atoms with van der Waals surface area (Å²) in [4.78, 5) is 12.9. The lowest BCUT2D eigenvalue weighted by Crippen LogP contribution is -2.49. The van der Waals surface area contributed by atoms with Crippen LogP contribution in [-0.2, 0) is 16.6 Å². The lowest BCUT2D eigenvalue weighted by Gasteiger charge is -2.42. The van der Waals surface area contributed by atoms with E-state index in [4.69, 9.17) is 16.3 Å². The monoisotopic (exact) mass is 470 g/mol. The van der Waals surface area contributed by atoms with Gasteiger partial charge in [0, 0.05) is 47.9 Å². The predicted octanol–water partition coefficient (Wildman–Crippen LogP) is 3.99. The number of piperidine rings is 1. The number of fused-ring (bicyclic) bond motifs is 4. The molecule has 5 rings (SSSR count). The lowest BCUT2D eigenvalue weighted by atomic mass is 9.81. The van der Waals surface area contributed by atoms with E-state index in [0.717, 1.165) is 29.0 Å². The summed E-state index contributed by atoms with van der Waals surface area (Å²) in [5, 5.41) is 0.497. The Labute approximate surface area is 192 Å². The Morgan fingerprint density at radius 2 is 1.66 bits per heavy atom. The molecule has 2 bridgehead atoms. The fraction of sp³-hybridized carbons (Fsp3) is 0.292. The van der Waals surface area contributed by atoms with Crippen molar-refractivity contribution in [3.63, 3.8) is 0 Å². The molecule has 0 aliphatic carbocycles. The number of sulfonamides is 1. The molecular formula is C24H23ClN2O4S. The molecule has 3 heterocycles. The SMILES string of the molecule is COc1ccc(-c2ccc(=O)n3c2[C@@H]2C[C@@H](CN(S(=O)(=O)c4ccc(Cl)cc4)C2)C3)cc1. The van der Waals surface area contributed by atoms with Crippen LogP contribution in [0, 0.1) is 5.92 Å². The van der Waals surface area contributed by atoms with Crippen molar-refractivity contribution in [2.75, 3.05) is 20.2 Å². The fourth-order valence-corrected chi connectivity index (χ4v) is 6.63. The smallest absolute Gasteiger partial charge is 0.250 e. The molecule has 0 spiro atoms. The molecule has 2 aliphatic rings. The van der Waals surface area contributed by atoms with Gasteiger partial charge in [0.15, 0.2) is 0 Å². The van der Waals surface area contributed by atoms with Crippen molar-refractivity contribution in [3.05, 3.63) is 81.7 Å². The van der Waals surface area contributed by atoms with Gasteiger partial charge >= 0.3 is 0 Å². The first-order valence-electron chi connectivity index (χ1n) is 10.5. The van der Waals surface area contributed by atoms with Crippen molar-refractivity contribution in [1.82, 2.24) is 8.87 Å². The maximum atomic E-state index is 13.3. The van der Waals surface area contributed by atoms with Crippen LogP contribution >= 0.6 is 11.6 Å². The molecule has 2 aromatic carbocycles. The molecule has 0 N–H and O–H groups in total. The summed E-state index contributed by atoms with van der Waals surface area (Å²) in [6, 6.07) is 17.4. The predicted molar refractivity (Wildman–Crippen MR) is 124 cm³/mol. The quantitative estimate of drug-likeness (QED) is 0.578. The summed E-state index contributed by atoms with van der Waals surface area (Å²) in [5.41, 5.74) is 2.81. The maximum Gasteiger partial charge on any atom is 0.250 e. The number of methoxy groups -OCH3 is 1. The molecule has 8 heteroatoms. The van der Waals surface area contributed by atoms with Crippen molar-refractivity contribution in [1.29, 1.82) is 0 Å². The van der Waals surface area contributed by atoms with Gasteiger partial charge < -0.3 is 9.30 Å². The Bertz CT molecular complexity index is 1320. The number of pyridine rings is 1. The minimum absolute atomic E-state index is 0.0408. The highest BCUT2D eigenvalue weighted by molar-refractivity contribution is 7.89. The number of halogens is 1. The largest absolute Gasteiger partial charge is 0.497 e. The Morgan fingerprint density at radius 3 is 2.34 bits per heavy atom. The highest BCUT2D eigenvalue weighted by Gasteiger charge is 2.40. The number of hydrogen-bond donors (Lipinski definition) is 0. The van der Waals surface area contributed by atoms with E-state index < -0.39 is 10.0 Å². The summed E-state index contributed by atoms with van der Waals surface area (Å²) in [5.74, 6) is 0.788. The van der Waals surface area contributed by atoms with E-state index in [0.29, 0.717) is 24.7 Å². The van der Waals surface area contributed by atoms with E-state index in [1.807, 2.05) is 34.9 Å². The van der Waals surface area contributed by atoms with Crippen LogP contribution in [0.4, 0.5) is 0 Å². The second-order valence-electron chi connectivity index (χ2n) is 8.38. The van der Waals surface area contributed by atoms with Crippen LogP contribution in [0.2, 0.25) is 5.02 Å². The van der Waals surface area contributed by atoms with Crippen LogP contribution in [0.3, 0.4) is 0 Å². The van der Waals surface area contributed by atoms with Crippen LogP contribution in [0.5, 0.6) is 5.75 Å². The molecule has 3 aromatic rings. The Kier molecular flexibility index (Phi) is 5.35. The van der Waals surface area contributed by atoms with Crippen LogP contribution < -0.4 is 10.3 Å².